The second kappa shape index (κ2) is 9.36. The lowest BCUT2D eigenvalue weighted by atomic mass is 10.1. The first kappa shape index (κ1) is 20.7. The van der Waals surface area contributed by atoms with Gasteiger partial charge in [0, 0.05) is 6.61 Å². The molecule has 0 bridgehead atoms. The van der Waals surface area contributed by atoms with Crippen molar-refractivity contribution in [2.24, 2.45) is 17.3 Å². The Morgan fingerprint density at radius 2 is 1.85 bits per heavy atom. The standard InChI is InChI=1S/C23H34O3/c1-6-7-8-12-25-15-18-10-9-11-19(14-18)16-26-22(24)21-20(13-17(2)3)23(21,4)5/h9-11,13-14,20-21H,6-8,12,15-16H2,1-5H3. The molecule has 1 aliphatic carbocycles. The third-order valence-electron chi connectivity index (χ3n) is 5.21. The minimum absolute atomic E-state index is 0.00251. The summed E-state index contributed by atoms with van der Waals surface area (Å²) in [5.74, 6) is 0.184. The highest BCUT2D eigenvalue weighted by Crippen LogP contribution is 2.59. The van der Waals surface area contributed by atoms with Gasteiger partial charge in [-0.2, -0.15) is 0 Å². The van der Waals surface area contributed by atoms with E-state index >= 15 is 0 Å². The van der Waals surface area contributed by atoms with Crippen molar-refractivity contribution in [2.45, 2.75) is 67.1 Å². The van der Waals surface area contributed by atoms with Gasteiger partial charge in [-0.3, -0.25) is 4.79 Å². The Labute approximate surface area is 158 Å². The summed E-state index contributed by atoms with van der Waals surface area (Å²) in [6.45, 7) is 12.4. The maximum absolute atomic E-state index is 12.5. The van der Waals surface area contributed by atoms with Crippen molar-refractivity contribution in [3.63, 3.8) is 0 Å². The fourth-order valence-corrected chi connectivity index (χ4v) is 3.50. The Kier molecular flexibility index (Phi) is 7.45. The topological polar surface area (TPSA) is 35.5 Å². The number of carbonyl (C=O) groups is 1. The summed E-state index contributed by atoms with van der Waals surface area (Å²) in [7, 11) is 0. The number of benzene rings is 1. The maximum Gasteiger partial charge on any atom is 0.310 e. The lowest BCUT2D eigenvalue weighted by Gasteiger charge is -2.08. The molecule has 144 valence electrons. The Balaban J connectivity index is 1.81. The molecule has 0 amide bonds. The molecule has 3 heteroatoms. The number of esters is 1. The molecule has 26 heavy (non-hydrogen) atoms. The number of ether oxygens (including phenoxy) is 2. The molecule has 0 aliphatic heterocycles. The van der Waals surface area contributed by atoms with E-state index in [4.69, 9.17) is 9.47 Å². The third-order valence-corrected chi connectivity index (χ3v) is 5.21. The van der Waals surface area contributed by atoms with Crippen LogP contribution in [0.15, 0.2) is 35.9 Å². The van der Waals surface area contributed by atoms with E-state index in [1.54, 1.807) is 0 Å². The van der Waals surface area contributed by atoms with Gasteiger partial charge in [-0.05, 0) is 42.7 Å². The number of unbranched alkanes of at least 4 members (excludes halogenated alkanes) is 2. The van der Waals surface area contributed by atoms with E-state index < -0.39 is 0 Å². The molecule has 2 rings (SSSR count). The van der Waals surface area contributed by atoms with Crippen LogP contribution in [0.2, 0.25) is 0 Å². The molecular weight excluding hydrogens is 324 g/mol. The Morgan fingerprint density at radius 3 is 2.50 bits per heavy atom. The van der Waals surface area contributed by atoms with Gasteiger partial charge in [0.15, 0.2) is 0 Å². The molecule has 2 unspecified atom stereocenters. The van der Waals surface area contributed by atoms with Gasteiger partial charge in [-0.25, -0.2) is 0 Å². The molecule has 0 heterocycles. The number of rotatable bonds is 10. The van der Waals surface area contributed by atoms with E-state index in [0.29, 0.717) is 19.1 Å². The van der Waals surface area contributed by atoms with Gasteiger partial charge < -0.3 is 9.47 Å². The number of allylic oxidation sites excluding steroid dienone is 2. The van der Waals surface area contributed by atoms with E-state index in [-0.39, 0.29) is 17.3 Å². The molecule has 1 aromatic carbocycles. The van der Waals surface area contributed by atoms with Crippen LogP contribution in [0, 0.1) is 17.3 Å². The van der Waals surface area contributed by atoms with Crippen LogP contribution in [0.25, 0.3) is 0 Å². The molecule has 0 spiro atoms. The van der Waals surface area contributed by atoms with Crippen LogP contribution in [0.1, 0.15) is 65.0 Å². The minimum Gasteiger partial charge on any atom is -0.461 e. The monoisotopic (exact) mass is 358 g/mol. The summed E-state index contributed by atoms with van der Waals surface area (Å²) in [5.41, 5.74) is 3.40. The number of carbonyl (C=O) groups excluding carboxylic acids is 1. The molecule has 1 aromatic rings. The van der Waals surface area contributed by atoms with Gasteiger partial charge in [0.2, 0.25) is 0 Å². The van der Waals surface area contributed by atoms with Crippen LogP contribution in [0.3, 0.4) is 0 Å². The SMILES string of the molecule is CCCCCOCc1cccc(COC(=O)C2C(C=C(C)C)C2(C)C)c1. The van der Waals surface area contributed by atoms with Crippen LogP contribution in [0.5, 0.6) is 0 Å². The first-order valence-electron chi connectivity index (χ1n) is 9.83. The van der Waals surface area contributed by atoms with E-state index in [0.717, 1.165) is 24.2 Å². The van der Waals surface area contributed by atoms with Crippen LogP contribution in [-0.2, 0) is 27.5 Å². The van der Waals surface area contributed by atoms with E-state index in [1.165, 1.54) is 18.4 Å². The molecule has 0 radical (unpaired) electrons. The van der Waals surface area contributed by atoms with Crippen LogP contribution >= 0.6 is 0 Å². The summed E-state index contributed by atoms with van der Waals surface area (Å²) in [6, 6.07) is 8.12. The summed E-state index contributed by atoms with van der Waals surface area (Å²) in [5, 5.41) is 0. The summed E-state index contributed by atoms with van der Waals surface area (Å²) >= 11 is 0. The molecule has 0 saturated heterocycles. The Hall–Kier alpha value is -1.61. The van der Waals surface area contributed by atoms with Crippen LogP contribution in [-0.4, -0.2) is 12.6 Å². The third kappa shape index (κ3) is 5.70. The van der Waals surface area contributed by atoms with Crippen molar-refractivity contribution in [3.05, 3.63) is 47.0 Å². The van der Waals surface area contributed by atoms with Crippen molar-refractivity contribution >= 4 is 5.97 Å². The summed E-state index contributed by atoms with van der Waals surface area (Å²) < 4.78 is 11.3. The number of hydrogen-bond donors (Lipinski definition) is 0. The zero-order chi connectivity index (χ0) is 19.2. The first-order chi connectivity index (χ1) is 12.4. The van der Waals surface area contributed by atoms with E-state index in [1.807, 2.05) is 12.1 Å². The molecular formula is C23H34O3. The average Bonchev–Trinajstić information content (AvgIpc) is 3.12. The normalized spacial score (nSPS) is 20.5. The van der Waals surface area contributed by atoms with E-state index in [2.05, 4.69) is 52.8 Å². The second-order valence-electron chi connectivity index (χ2n) is 8.26. The fourth-order valence-electron chi connectivity index (χ4n) is 3.50. The highest BCUT2D eigenvalue weighted by atomic mass is 16.5. The number of hydrogen-bond acceptors (Lipinski definition) is 3. The van der Waals surface area contributed by atoms with Gasteiger partial charge in [0.1, 0.15) is 6.61 Å². The van der Waals surface area contributed by atoms with Gasteiger partial charge >= 0.3 is 5.97 Å². The van der Waals surface area contributed by atoms with E-state index in [9.17, 15) is 4.79 Å². The minimum atomic E-state index is -0.0845. The lowest BCUT2D eigenvalue weighted by Crippen LogP contribution is -2.10. The Bertz CT molecular complexity index is 626. The lowest BCUT2D eigenvalue weighted by molar-refractivity contribution is -0.147. The van der Waals surface area contributed by atoms with Crippen molar-refractivity contribution in [2.75, 3.05) is 6.61 Å². The van der Waals surface area contributed by atoms with Crippen LogP contribution in [0.4, 0.5) is 0 Å². The smallest absolute Gasteiger partial charge is 0.310 e. The maximum atomic E-state index is 12.5. The average molecular weight is 359 g/mol. The van der Waals surface area contributed by atoms with Crippen molar-refractivity contribution in [1.29, 1.82) is 0 Å². The summed E-state index contributed by atoms with van der Waals surface area (Å²) in [6.07, 6.45) is 5.72. The predicted octanol–water partition coefficient (Wildman–Crippen LogP) is 5.68. The molecule has 1 aliphatic rings. The molecule has 0 aromatic heterocycles. The molecule has 2 atom stereocenters. The molecule has 0 N–H and O–H groups in total. The van der Waals surface area contributed by atoms with Gasteiger partial charge in [0.05, 0.1) is 12.5 Å². The first-order valence-corrected chi connectivity index (χ1v) is 9.83. The quantitative estimate of drug-likeness (QED) is 0.307. The summed E-state index contributed by atoms with van der Waals surface area (Å²) in [4.78, 5) is 12.5. The zero-order valence-electron chi connectivity index (χ0n) is 17.0. The Morgan fingerprint density at radius 1 is 1.15 bits per heavy atom. The fraction of sp³-hybridized carbons (Fsp3) is 0.609. The van der Waals surface area contributed by atoms with Crippen molar-refractivity contribution < 1.29 is 14.3 Å². The van der Waals surface area contributed by atoms with Crippen molar-refractivity contribution in [1.82, 2.24) is 0 Å². The van der Waals surface area contributed by atoms with Crippen LogP contribution < -0.4 is 0 Å². The molecule has 1 fully saturated rings. The van der Waals surface area contributed by atoms with Crippen molar-refractivity contribution in [3.8, 4) is 0 Å². The van der Waals surface area contributed by atoms with Gasteiger partial charge in [-0.15, -0.1) is 0 Å². The highest BCUT2D eigenvalue weighted by Gasteiger charge is 2.61. The predicted molar refractivity (Wildman–Crippen MR) is 106 cm³/mol. The molecule has 1 saturated carbocycles. The largest absolute Gasteiger partial charge is 0.461 e. The van der Waals surface area contributed by atoms with Gasteiger partial charge in [0.25, 0.3) is 0 Å². The second-order valence-corrected chi connectivity index (χ2v) is 8.26. The van der Waals surface area contributed by atoms with Gasteiger partial charge in [-0.1, -0.05) is 69.5 Å². The highest BCUT2D eigenvalue weighted by molar-refractivity contribution is 5.78. The molecule has 3 nitrogen and oxygen atoms in total. The zero-order valence-corrected chi connectivity index (χ0v) is 17.0.